The van der Waals surface area contributed by atoms with Gasteiger partial charge in [0.05, 0.1) is 0 Å². The van der Waals surface area contributed by atoms with E-state index in [0.717, 1.165) is 6.42 Å². The van der Waals surface area contributed by atoms with Gasteiger partial charge in [-0.2, -0.15) is 0 Å². The SMILES string of the molecule is CCCN=C1NC(=O)C(C)(c2ccc(C)c(F)c2)N1. The zero-order valence-corrected chi connectivity index (χ0v) is 11.4. The van der Waals surface area contributed by atoms with E-state index in [-0.39, 0.29) is 11.7 Å². The van der Waals surface area contributed by atoms with E-state index in [1.807, 2.05) is 6.92 Å². The van der Waals surface area contributed by atoms with Gasteiger partial charge in [0.15, 0.2) is 5.96 Å². The van der Waals surface area contributed by atoms with Gasteiger partial charge in [0.2, 0.25) is 0 Å². The molecule has 5 heteroatoms. The summed E-state index contributed by atoms with van der Waals surface area (Å²) in [5.41, 5.74) is 0.182. The van der Waals surface area contributed by atoms with E-state index < -0.39 is 5.54 Å². The lowest BCUT2D eigenvalue weighted by atomic mass is 9.91. The number of amides is 1. The van der Waals surface area contributed by atoms with Crippen LogP contribution in [0, 0.1) is 12.7 Å². The molecule has 2 N–H and O–H groups in total. The molecule has 0 radical (unpaired) electrons. The highest BCUT2D eigenvalue weighted by atomic mass is 19.1. The van der Waals surface area contributed by atoms with Crippen LogP contribution in [-0.2, 0) is 10.3 Å². The average molecular weight is 263 g/mol. The number of benzene rings is 1. The van der Waals surface area contributed by atoms with Gasteiger partial charge in [-0.25, -0.2) is 4.39 Å². The normalized spacial score (nSPS) is 24.4. The first-order chi connectivity index (χ1) is 8.97. The lowest BCUT2D eigenvalue weighted by Crippen LogP contribution is -2.40. The van der Waals surface area contributed by atoms with Crippen LogP contribution in [0.5, 0.6) is 0 Å². The maximum atomic E-state index is 13.6. The Balaban J connectivity index is 2.32. The maximum absolute atomic E-state index is 13.6. The van der Waals surface area contributed by atoms with Crippen molar-refractivity contribution in [3.63, 3.8) is 0 Å². The third kappa shape index (κ3) is 2.45. The molecule has 0 bridgehead atoms. The van der Waals surface area contributed by atoms with E-state index in [4.69, 9.17) is 0 Å². The van der Waals surface area contributed by atoms with Gasteiger partial charge in [0.25, 0.3) is 5.91 Å². The number of guanidine groups is 1. The fourth-order valence-corrected chi connectivity index (χ4v) is 1.97. The Kier molecular flexibility index (Phi) is 3.55. The number of carbonyl (C=O) groups is 1. The first kappa shape index (κ1) is 13.5. The van der Waals surface area contributed by atoms with E-state index >= 15 is 0 Å². The molecule has 1 aliphatic rings. The molecule has 1 atom stereocenters. The highest BCUT2D eigenvalue weighted by Gasteiger charge is 2.42. The molecule has 1 aromatic carbocycles. The summed E-state index contributed by atoms with van der Waals surface area (Å²) in [5.74, 6) is -0.0757. The summed E-state index contributed by atoms with van der Waals surface area (Å²) in [4.78, 5) is 16.3. The molecule has 1 amide bonds. The minimum atomic E-state index is -0.971. The van der Waals surface area contributed by atoms with E-state index in [1.165, 1.54) is 6.07 Å². The quantitative estimate of drug-likeness (QED) is 0.874. The number of carbonyl (C=O) groups excluding carboxylic acids is 1. The van der Waals surface area contributed by atoms with Crippen LogP contribution in [0.4, 0.5) is 4.39 Å². The summed E-state index contributed by atoms with van der Waals surface area (Å²) < 4.78 is 13.6. The fraction of sp³-hybridized carbons (Fsp3) is 0.429. The number of hydrogen-bond acceptors (Lipinski definition) is 2. The second-order valence-electron chi connectivity index (χ2n) is 4.90. The first-order valence-electron chi connectivity index (χ1n) is 6.38. The molecule has 102 valence electrons. The Morgan fingerprint density at radius 3 is 2.79 bits per heavy atom. The first-order valence-corrected chi connectivity index (χ1v) is 6.38. The number of nitrogens with one attached hydrogen (secondary N) is 2. The van der Waals surface area contributed by atoms with Crippen LogP contribution >= 0.6 is 0 Å². The van der Waals surface area contributed by atoms with Gasteiger partial charge in [-0.15, -0.1) is 0 Å². The van der Waals surface area contributed by atoms with Crippen LogP contribution in [-0.4, -0.2) is 18.4 Å². The number of nitrogens with zero attached hydrogens (tertiary/aromatic N) is 1. The number of aryl methyl sites for hydroxylation is 1. The largest absolute Gasteiger partial charge is 0.338 e. The molecular weight excluding hydrogens is 245 g/mol. The summed E-state index contributed by atoms with van der Waals surface area (Å²) in [6, 6.07) is 4.82. The fourth-order valence-electron chi connectivity index (χ4n) is 1.97. The minimum Gasteiger partial charge on any atom is -0.338 e. The van der Waals surface area contributed by atoms with Gasteiger partial charge in [0.1, 0.15) is 11.4 Å². The Hall–Kier alpha value is -1.91. The van der Waals surface area contributed by atoms with Gasteiger partial charge in [-0.1, -0.05) is 19.1 Å². The van der Waals surface area contributed by atoms with Crippen LogP contribution in [0.25, 0.3) is 0 Å². The topological polar surface area (TPSA) is 53.5 Å². The van der Waals surface area contributed by atoms with Crippen molar-refractivity contribution in [3.8, 4) is 0 Å². The van der Waals surface area contributed by atoms with Crippen molar-refractivity contribution in [3.05, 3.63) is 35.1 Å². The molecule has 0 saturated carbocycles. The van der Waals surface area contributed by atoms with E-state index in [1.54, 1.807) is 26.0 Å². The highest BCUT2D eigenvalue weighted by molar-refractivity contribution is 6.09. The summed E-state index contributed by atoms with van der Waals surface area (Å²) in [6.45, 7) is 6.06. The molecule has 0 aromatic heterocycles. The predicted octanol–water partition coefficient (Wildman–Crippen LogP) is 1.83. The van der Waals surface area contributed by atoms with Gasteiger partial charge < -0.3 is 5.32 Å². The third-order valence-corrected chi connectivity index (χ3v) is 3.30. The van der Waals surface area contributed by atoms with Gasteiger partial charge >= 0.3 is 0 Å². The van der Waals surface area contributed by atoms with Crippen molar-refractivity contribution in [2.45, 2.75) is 32.7 Å². The van der Waals surface area contributed by atoms with Crippen molar-refractivity contribution >= 4 is 11.9 Å². The monoisotopic (exact) mass is 263 g/mol. The molecule has 1 saturated heterocycles. The van der Waals surface area contributed by atoms with Crippen molar-refractivity contribution in [2.75, 3.05) is 6.54 Å². The molecule has 1 heterocycles. The Morgan fingerprint density at radius 1 is 1.42 bits per heavy atom. The Morgan fingerprint density at radius 2 is 2.16 bits per heavy atom. The molecule has 0 spiro atoms. The number of rotatable bonds is 3. The molecule has 1 fully saturated rings. The van der Waals surface area contributed by atoms with Crippen molar-refractivity contribution < 1.29 is 9.18 Å². The zero-order valence-electron chi connectivity index (χ0n) is 11.4. The summed E-state index contributed by atoms with van der Waals surface area (Å²) in [7, 11) is 0. The van der Waals surface area contributed by atoms with Crippen molar-refractivity contribution in [1.82, 2.24) is 10.6 Å². The summed E-state index contributed by atoms with van der Waals surface area (Å²) >= 11 is 0. The maximum Gasteiger partial charge on any atom is 0.256 e. The van der Waals surface area contributed by atoms with Gasteiger partial charge in [0, 0.05) is 6.54 Å². The lowest BCUT2D eigenvalue weighted by molar-refractivity contribution is -0.123. The summed E-state index contributed by atoms with van der Waals surface area (Å²) in [5, 5.41) is 5.73. The standard InChI is InChI=1S/C14H18FN3O/c1-4-7-16-13-17-12(19)14(3,18-13)10-6-5-9(2)11(15)8-10/h5-6,8H,4,7H2,1-3H3,(H2,16,17,18,19). The average Bonchev–Trinajstić information content (AvgIpc) is 2.67. The third-order valence-electron chi connectivity index (χ3n) is 3.30. The van der Waals surface area contributed by atoms with Crippen LogP contribution < -0.4 is 10.6 Å². The second kappa shape index (κ2) is 4.99. The molecule has 1 aromatic rings. The van der Waals surface area contributed by atoms with Crippen LogP contribution in [0.2, 0.25) is 0 Å². The van der Waals surface area contributed by atoms with Crippen molar-refractivity contribution in [2.24, 2.45) is 4.99 Å². The number of halogens is 1. The van der Waals surface area contributed by atoms with E-state index in [2.05, 4.69) is 15.6 Å². The molecule has 2 rings (SSSR count). The Labute approximate surface area is 112 Å². The summed E-state index contributed by atoms with van der Waals surface area (Å²) in [6.07, 6.45) is 0.900. The van der Waals surface area contributed by atoms with E-state index in [9.17, 15) is 9.18 Å². The smallest absolute Gasteiger partial charge is 0.256 e. The van der Waals surface area contributed by atoms with E-state index in [0.29, 0.717) is 23.6 Å². The molecule has 0 aliphatic carbocycles. The second-order valence-corrected chi connectivity index (χ2v) is 4.90. The lowest BCUT2D eigenvalue weighted by Gasteiger charge is -2.22. The molecular formula is C14H18FN3O. The molecule has 19 heavy (non-hydrogen) atoms. The molecule has 1 aliphatic heterocycles. The van der Waals surface area contributed by atoms with Gasteiger partial charge in [-0.3, -0.25) is 15.1 Å². The predicted molar refractivity (Wildman–Crippen MR) is 72.4 cm³/mol. The van der Waals surface area contributed by atoms with Crippen molar-refractivity contribution in [1.29, 1.82) is 0 Å². The van der Waals surface area contributed by atoms with Gasteiger partial charge in [-0.05, 0) is 37.5 Å². The Bertz CT molecular complexity index is 541. The minimum absolute atomic E-state index is 0.217. The highest BCUT2D eigenvalue weighted by Crippen LogP contribution is 2.25. The number of hydrogen-bond donors (Lipinski definition) is 2. The van der Waals surface area contributed by atoms with Crippen LogP contribution in [0.3, 0.4) is 0 Å². The number of aliphatic imine (C=N–C) groups is 1. The molecule has 1 unspecified atom stereocenters. The zero-order chi connectivity index (χ0) is 14.0. The van der Waals surface area contributed by atoms with Crippen LogP contribution in [0.15, 0.2) is 23.2 Å². The van der Waals surface area contributed by atoms with Crippen LogP contribution in [0.1, 0.15) is 31.4 Å². The molecule has 4 nitrogen and oxygen atoms in total.